The van der Waals surface area contributed by atoms with Gasteiger partial charge in [-0.1, -0.05) is 12.1 Å². The van der Waals surface area contributed by atoms with Crippen LogP contribution in [0, 0.1) is 11.8 Å². The predicted molar refractivity (Wildman–Crippen MR) is 96.5 cm³/mol. The summed E-state index contributed by atoms with van der Waals surface area (Å²) in [6, 6.07) is 4.23. The van der Waals surface area contributed by atoms with Gasteiger partial charge >= 0.3 is 0 Å². The molecule has 0 spiro atoms. The van der Waals surface area contributed by atoms with E-state index in [-0.39, 0.29) is 28.9 Å². The zero-order chi connectivity index (χ0) is 21.5. The van der Waals surface area contributed by atoms with E-state index in [0.29, 0.717) is 0 Å². The van der Waals surface area contributed by atoms with Crippen molar-refractivity contribution in [3.63, 3.8) is 0 Å². The lowest BCUT2D eigenvalue weighted by Crippen LogP contribution is -2.59. The highest BCUT2D eigenvalue weighted by molar-refractivity contribution is 6.22. The Hall–Kier alpha value is -3.01. The van der Waals surface area contributed by atoms with Crippen LogP contribution in [0.15, 0.2) is 41.2 Å². The summed E-state index contributed by atoms with van der Waals surface area (Å²) in [4.78, 5) is 37.0. The van der Waals surface area contributed by atoms with Crippen molar-refractivity contribution in [2.75, 3.05) is 0 Å². The molecule has 1 aromatic rings. The van der Waals surface area contributed by atoms with Crippen molar-refractivity contribution in [1.29, 1.82) is 0 Å². The standard InChI is InChI=1S/C20H19NO8/c1-19(28)8-3-2-4-11(22)12(8)14(23)7-6-20(29)10(5-9(7)19)15(24)16(25)13(17(20)26)18(21)27/h2-4,6,9-10,15,22,24,26,28-29H,5H2,1H3,(H2,21,27)/t9-,10-,15?,19+,20+/m0/s1. The molecule has 0 aliphatic heterocycles. The highest BCUT2D eigenvalue weighted by Crippen LogP contribution is 2.54. The Balaban J connectivity index is 2.00. The minimum Gasteiger partial charge on any atom is -0.508 e. The summed E-state index contributed by atoms with van der Waals surface area (Å²) in [6.45, 7) is 1.42. The summed E-state index contributed by atoms with van der Waals surface area (Å²) < 4.78 is 0. The smallest absolute Gasteiger partial charge is 0.255 e. The molecular formula is C20H19NO8. The quantitative estimate of drug-likeness (QED) is 0.335. The fourth-order valence-corrected chi connectivity index (χ4v) is 4.79. The molecule has 0 fully saturated rings. The number of phenols is 1. The molecular weight excluding hydrogens is 382 g/mol. The molecule has 1 unspecified atom stereocenters. The van der Waals surface area contributed by atoms with E-state index in [0.717, 1.165) is 6.08 Å². The van der Waals surface area contributed by atoms with Gasteiger partial charge in [0.15, 0.2) is 5.78 Å². The van der Waals surface area contributed by atoms with E-state index in [1.54, 1.807) is 0 Å². The average molecular weight is 401 g/mol. The molecule has 5 atom stereocenters. The second kappa shape index (κ2) is 5.76. The first-order valence-corrected chi connectivity index (χ1v) is 8.93. The molecule has 9 nitrogen and oxygen atoms in total. The number of carbonyl (C=O) groups excluding carboxylic acids is 3. The van der Waals surface area contributed by atoms with Gasteiger partial charge in [-0.3, -0.25) is 14.4 Å². The first kappa shape index (κ1) is 19.3. The number of ketones is 2. The summed E-state index contributed by atoms with van der Waals surface area (Å²) in [5, 5.41) is 53.4. The molecule has 9 heteroatoms. The highest BCUT2D eigenvalue weighted by Gasteiger charge is 2.60. The van der Waals surface area contributed by atoms with Gasteiger partial charge in [0.05, 0.1) is 11.2 Å². The van der Waals surface area contributed by atoms with Crippen molar-refractivity contribution in [2.45, 2.75) is 30.7 Å². The molecule has 152 valence electrons. The maximum Gasteiger partial charge on any atom is 0.255 e. The molecule has 7 N–H and O–H groups in total. The van der Waals surface area contributed by atoms with E-state index in [9.17, 15) is 39.9 Å². The van der Waals surface area contributed by atoms with E-state index in [1.165, 1.54) is 25.1 Å². The monoisotopic (exact) mass is 401 g/mol. The fourth-order valence-electron chi connectivity index (χ4n) is 4.79. The van der Waals surface area contributed by atoms with Crippen LogP contribution in [-0.2, 0) is 15.2 Å². The Morgan fingerprint density at radius 1 is 1.21 bits per heavy atom. The van der Waals surface area contributed by atoms with E-state index in [1.807, 2.05) is 0 Å². The van der Waals surface area contributed by atoms with Gasteiger partial charge < -0.3 is 31.3 Å². The van der Waals surface area contributed by atoms with Crippen molar-refractivity contribution >= 4 is 17.5 Å². The Kier molecular flexibility index (Phi) is 3.83. The lowest BCUT2D eigenvalue weighted by atomic mass is 9.57. The van der Waals surface area contributed by atoms with E-state index in [2.05, 4.69) is 0 Å². The van der Waals surface area contributed by atoms with Gasteiger partial charge in [-0.2, -0.15) is 0 Å². The van der Waals surface area contributed by atoms with Gasteiger partial charge in [-0.05, 0) is 31.1 Å². The number of nitrogens with two attached hydrogens (primary N) is 1. The van der Waals surface area contributed by atoms with Crippen molar-refractivity contribution in [3.05, 3.63) is 52.3 Å². The van der Waals surface area contributed by atoms with Gasteiger partial charge in [0, 0.05) is 17.4 Å². The number of benzene rings is 1. The third-order valence-corrected chi connectivity index (χ3v) is 6.32. The first-order chi connectivity index (χ1) is 13.4. The Morgan fingerprint density at radius 3 is 2.48 bits per heavy atom. The molecule has 1 aromatic carbocycles. The zero-order valence-corrected chi connectivity index (χ0v) is 15.3. The van der Waals surface area contributed by atoms with Gasteiger partial charge in [0.25, 0.3) is 5.91 Å². The van der Waals surface area contributed by atoms with E-state index >= 15 is 0 Å². The lowest BCUT2D eigenvalue weighted by molar-refractivity contribution is -0.142. The van der Waals surface area contributed by atoms with Crippen LogP contribution in [-0.4, -0.2) is 54.7 Å². The van der Waals surface area contributed by atoms with Crippen molar-refractivity contribution in [1.82, 2.24) is 0 Å². The number of rotatable bonds is 1. The molecule has 0 bridgehead atoms. The highest BCUT2D eigenvalue weighted by atomic mass is 16.3. The molecule has 4 rings (SSSR count). The third kappa shape index (κ3) is 2.29. The van der Waals surface area contributed by atoms with Crippen LogP contribution in [0.4, 0.5) is 0 Å². The van der Waals surface area contributed by atoms with Crippen LogP contribution in [0.3, 0.4) is 0 Å². The molecule has 1 amide bonds. The molecule has 0 heterocycles. The normalized spacial score (nSPS) is 36.1. The first-order valence-electron chi connectivity index (χ1n) is 8.93. The largest absolute Gasteiger partial charge is 0.508 e. The van der Waals surface area contributed by atoms with Gasteiger partial charge in [0.1, 0.15) is 28.8 Å². The number of amides is 1. The SMILES string of the molecule is C[C@@]1(O)c2cccc(O)c2C(=O)C2=C[C@]3(O)C(O)=C(C(N)=O)C(=O)C(O)[C@@H]3C[C@@H]21. The zero-order valence-electron chi connectivity index (χ0n) is 15.3. The summed E-state index contributed by atoms with van der Waals surface area (Å²) in [7, 11) is 0. The number of hydrogen-bond donors (Lipinski definition) is 6. The van der Waals surface area contributed by atoms with E-state index in [4.69, 9.17) is 5.73 Å². The second-order valence-corrected chi connectivity index (χ2v) is 7.89. The van der Waals surface area contributed by atoms with Crippen molar-refractivity contribution in [2.24, 2.45) is 17.6 Å². The molecule has 3 aliphatic rings. The number of primary amides is 1. The Morgan fingerprint density at radius 2 is 1.86 bits per heavy atom. The Bertz CT molecular complexity index is 1050. The second-order valence-electron chi connectivity index (χ2n) is 7.89. The minimum absolute atomic E-state index is 0.111. The lowest BCUT2D eigenvalue weighted by Gasteiger charge is -2.50. The van der Waals surface area contributed by atoms with Crippen molar-refractivity contribution < 1.29 is 39.9 Å². The number of aromatic hydroxyl groups is 1. The van der Waals surface area contributed by atoms with Crippen LogP contribution >= 0.6 is 0 Å². The van der Waals surface area contributed by atoms with Crippen LogP contribution in [0.5, 0.6) is 5.75 Å². The fraction of sp³-hybridized carbons (Fsp3) is 0.350. The predicted octanol–water partition coefficient (Wildman–Crippen LogP) is -0.669. The topological polar surface area (TPSA) is 178 Å². The molecule has 29 heavy (non-hydrogen) atoms. The van der Waals surface area contributed by atoms with Crippen LogP contribution in [0.25, 0.3) is 0 Å². The molecule has 0 aromatic heterocycles. The van der Waals surface area contributed by atoms with Crippen LogP contribution < -0.4 is 5.73 Å². The summed E-state index contributed by atoms with van der Waals surface area (Å²) in [5.41, 5.74) is -0.00920. The van der Waals surface area contributed by atoms with Crippen LogP contribution in [0.2, 0.25) is 0 Å². The minimum atomic E-state index is -2.42. The number of phenolic OH excluding ortho intramolecular Hbond substituents is 1. The molecule has 0 saturated heterocycles. The van der Waals surface area contributed by atoms with Gasteiger partial charge in [0.2, 0.25) is 5.78 Å². The molecule has 0 saturated carbocycles. The number of aliphatic hydroxyl groups excluding tert-OH is 2. The maximum absolute atomic E-state index is 13.1. The number of fused-ring (bicyclic) bond motifs is 3. The summed E-state index contributed by atoms with van der Waals surface area (Å²) in [6.07, 6.45) is -1.20. The Labute approximate surface area is 164 Å². The average Bonchev–Trinajstić information content (AvgIpc) is 2.64. The van der Waals surface area contributed by atoms with E-state index < -0.39 is 57.9 Å². The molecule has 3 aliphatic carbocycles. The third-order valence-electron chi connectivity index (χ3n) is 6.32. The maximum atomic E-state index is 13.1. The van der Waals surface area contributed by atoms with Gasteiger partial charge in [-0.15, -0.1) is 0 Å². The summed E-state index contributed by atoms with van der Waals surface area (Å²) in [5.74, 6) is -6.83. The van der Waals surface area contributed by atoms with Crippen molar-refractivity contribution in [3.8, 4) is 5.75 Å². The summed E-state index contributed by atoms with van der Waals surface area (Å²) >= 11 is 0. The number of hydrogen-bond acceptors (Lipinski definition) is 8. The number of Topliss-reactive ketones (excluding diaryl/α,β-unsaturated/α-hetero) is 2. The number of aliphatic hydroxyl groups is 4. The number of carbonyl (C=O) groups is 3. The molecule has 0 radical (unpaired) electrons. The van der Waals surface area contributed by atoms with Crippen LogP contribution in [0.1, 0.15) is 29.3 Å². The van der Waals surface area contributed by atoms with Gasteiger partial charge in [-0.25, -0.2) is 0 Å².